The molecule has 1 rings (SSSR count). The predicted molar refractivity (Wildman–Crippen MR) is 60.8 cm³/mol. The summed E-state index contributed by atoms with van der Waals surface area (Å²) in [4.78, 5) is 10.2. The lowest BCUT2D eigenvalue weighted by molar-refractivity contribution is -0.297. The maximum atomic E-state index is 10.2. The summed E-state index contributed by atoms with van der Waals surface area (Å²) >= 11 is 0. The van der Waals surface area contributed by atoms with E-state index in [0.717, 1.165) is 17.4 Å². The van der Waals surface area contributed by atoms with Gasteiger partial charge in [-0.3, -0.25) is 0 Å². The molecule has 0 bridgehead atoms. The summed E-state index contributed by atoms with van der Waals surface area (Å²) in [6, 6.07) is 7.23. The van der Waals surface area contributed by atoms with Gasteiger partial charge in [-0.05, 0) is 29.7 Å². The second-order valence-electron chi connectivity index (χ2n) is 3.93. The van der Waals surface area contributed by atoms with Crippen molar-refractivity contribution in [3.05, 3.63) is 35.9 Å². The Bertz CT molecular complexity index is 363. The molecule has 0 heterocycles. The van der Waals surface area contributed by atoms with Gasteiger partial charge in [-0.25, -0.2) is 0 Å². The maximum absolute atomic E-state index is 10.2. The first-order valence-electron chi connectivity index (χ1n) is 5.20. The molecular weight excluding hydrogens is 204 g/mol. The number of carboxylic acids is 1. The summed E-state index contributed by atoms with van der Waals surface area (Å²) in [6.07, 6.45) is 2.49. The van der Waals surface area contributed by atoms with E-state index >= 15 is 0 Å². The molecule has 86 valence electrons. The number of aliphatic carboxylic acids is 1. The summed E-state index contributed by atoms with van der Waals surface area (Å²) in [5.41, 5.74) is 0.807. The van der Waals surface area contributed by atoms with Crippen LogP contribution in [0.5, 0.6) is 5.75 Å². The molecule has 0 atom stereocenters. The van der Waals surface area contributed by atoms with E-state index in [-0.39, 0.29) is 0 Å². The molecule has 0 aromatic heterocycles. The summed E-state index contributed by atoms with van der Waals surface area (Å²) in [5, 5.41) is 10.2. The normalized spacial score (nSPS) is 10.9. The van der Waals surface area contributed by atoms with Crippen LogP contribution in [-0.4, -0.2) is 12.6 Å². The van der Waals surface area contributed by atoms with Gasteiger partial charge in [0.1, 0.15) is 5.75 Å². The highest BCUT2D eigenvalue weighted by molar-refractivity contribution is 5.83. The van der Waals surface area contributed by atoms with Crippen LogP contribution in [0.1, 0.15) is 19.4 Å². The average Bonchev–Trinajstić information content (AvgIpc) is 2.25. The second kappa shape index (κ2) is 5.95. The standard InChI is InChI=1S/C13H16O3/c1-10(2)9-16-12-6-3-11(4-7-12)5-8-13(14)15/h3-8,10H,9H2,1-2H3,(H,14,15)/p-1. The van der Waals surface area contributed by atoms with E-state index in [1.165, 1.54) is 6.08 Å². The molecule has 0 aliphatic heterocycles. The number of hydrogen-bond acceptors (Lipinski definition) is 3. The Morgan fingerprint density at radius 1 is 1.38 bits per heavy atom. The number of rotatable bonds is 5. The molecule has 0 fully saturated rings. The number of carboxylic acid groups (broad SMARTS) is 1. The van der Waals surface area contributed by atoms with Crippen LogP contribution >= 0.6 is 0 Å². The average molecular weight is 219 g/mol. The molecule has 16 heavy (non-hydrogen) atoms. The minimum atomic E-state index is -1.19. The van der Waals surface area contributed by atoms with E-state index in [1.807, 2.05) is 12.1 Å². The van der Waals surface area contributed by atoms with E-state index in [9.17, 15) is 9.90 Å². The molecule has 0 radical (unpaired) electrons. The first-order chi connectivity index (χ1) is 7.58. The molecule has 0 spiro atoms. The van der Waals surface area contributed by atoms with E-state index in [1.54, 1.807) is 12.1 Å². The summed E-state index contributed by atoms with van der Waals surface area (Å²) in [7, 11) is 0. The van der Waals surface area contributed by atoms with Crippen molar-refractivity contribution in [2.75, 3.05) is 6.61 Å². The van der Waals surface area contributed by atoms with Gasteiger partial charge in [0.2, 0.25) is 0 Å². The molecule has 0 aliphatic rings. The van der Waals surface area contributed by atoms with Crippen molar-refractivity contribution in [3.8, 4) is 5.75 Å². The summed E-state index contributed by atoms with van der Waals surface area (Å²) in [6.45, 7) is 4.84. The highest BCUT2D eigenvalue weighted by Gasteiger charge is 1.96. The van der Waals surface area contributed by atoms with Gasteiger partial charge in [-0.2, -0.15) is 0 Å². The number of carbonyl (C=O) groups is 1. The molecule has 0 amide bonds. The Morgan fingerprint density at radius 3 is 2.50 bits per heavy atom. The zero-order valence-electron chi connectivity index (χ0n) is 9.47. The van der Waals surface area contributed by atoms with Crippen molar-refractivity contribution in [1.29, 1.82) is 0 Å². The van der Waals surface area contributed by atoms with Gasteiger partial charge in [-0.1, -0.05) is 32.1 Å². The third-order valence-electron chi connectivity index (χ3n) is 1.88. The Labute approximate surface area is 95.4 Å². The predicted octanol–water partition coefficient (Wildman–Crippen LogP) is 1.48. The lowest BCUT2D eigenvalue weighted by atomic mass is 10.2. The van der Waals surface area contributed by atoms with Gasteiger partial charge < -0.3 is 14.6 Å². The smallest absolute Gasteiger partial charge is 0.119 e. The van der Waals surface area contributed by atoms with Crippen LogP contribution in [0.25, 0.3) is 6.08 Å². The van der Waals surface area contributed by atoms with Crippen LogP contribution in [0, 0.1) is 5.92 Å². The third kappa shape index (κ3) is 4.64. The van der Waals surface area contributed by atoms with Crippen molar-refractivity contribution in [1.82, 2.24) is 0 Å². The topological polar surface area (TPSA) is 49.4 Å². The van der Waals surface area contributed by atoms with E-state index < -0.39 is 5.97 Å². The van der Waals surface area contributed by atoms with E-state index in [4.69, 9.17) is 4.74 Å². The summed E-state index contributed by atoms with van der Waals surface area (Å²) < 4.78 is 5.50. The molecule has 3 heteroatoms. The van der Waals surface area contributed by atoms with Crippen LogP contribution in [0.4, 0.5) is 0 Å². The molecule has 0 unspecified atom stereocenters. The SMILES string of the molecule is CC(C)COc1ccc(C=CC(=O)[O-])cc1. The fourth-order valence-electron chi connectivity index (χ4n) is 1.10. The van der Waals surface area contributed by atoms with Crippen molar-refractivity contribution in [3.63, 3.8) is 0 Å². The first kappa shape index (κ1) is 12.3. The number of hydrogen-bond donors (Lipinski definition) is 0. The van der Waals surface area contributed by atoms with Crippen molar-refractivity contribution >= 4 is 12.0 Å². The molecule has 1 aromatic rings. The zero-order chi connectivity index (χ0) is 12.0. The Balaban J connectivity index is 2.57. The quantitative estimate of drug-likeness (QED) is 0.705. The molecular formula is C13H15O3-. The summed E-state index contributed by atoms with van der Waals surface area (Å²) in [5.74, 6) is 0.0806. The van der Waals surface area contributed by atoms with Gasteiger partial charge in [0.15, 0.2) is 0 Å². The number of benzene rings is 1. The molecule has 1 aromatic carbocycles. The van der Waals surface area contributed by atoms with Gasteiger partial charge in [0, 0.05) is 0 Å². The van der Waals surface area contributed by atoms with Gasteiger partial charge in [0.05, 0.1) is 12.6 Å². The fourth-order valence-corrected chi connectivity index (χ4v) is 1.10. The van der Waals surface area contributed by atoms with Gasteiger partial charge in [0.25, 0.3) is 0 Å². The molecule has 0 saturated heterocycles. The molecule has 0 saturated carbocycles. The van der Waals surface area contributed by atoms with Crippen molar-refractivity contribution in [2.45, 2.75) is 13.8 Å². The molecule has 3 nitrogen and oxygen atoms in total. The number of carbonyl (C=O) groups excluding carboxylic acids is 1. The van der Waals surface area contributed by atoms with Crippen LogP contribution in [0.2, 0.25) is 0 Å². The highest BCUT2D eigenvalue weighted by atomic mass is 16.5. The number of ether oxygens (including phenoxy) is 1. The van der Waals surface area contributed by atoms with E-state index in [2.05, 4.69) is 13.8 Å². The second-order valence-corrected chi connectivity index (χ2v) is 3.93. The van der Waals surface area contributed by atoms with Crippen molar-refractivity contribution < 1.29 is 14.6 Å². The first-order valence-corrected chi connectivity index (χ1v) is 5.20. The largest absolute Gasteiger partial charge is 0.545 e. The Hall–Kier alpha value is -1.77. The Morgan fingerprint density at radius 2 is 2.00 bits per heavy atom. The fraction of sp³-hybridized carbons (Fsp3) is 0.308. The molecule has 0 N–H and O–H groups in total. The van der Waals surface area contributed by atoms with Crippen LogP contribution in [0.15, 0.2) is 30.3 Å². The lowest BCUT2D eigenvalue weighted by Gasteiger charge is -2.08. The highest BCUT2D eigenvalue weighted by Crippen LogP contribution is 2.13. The van der Waals surface area contributed by atoms with Crippen LogP contribution in [-0.2, 0) is 4.79 Å². The van der Waals surface area contributed by atoms with Crippen LogP contribution in [0.3, 0.4) is 0 Å². The van der Waals surface area contributed by atoms with Gasteiger partial charge in [-0.15, -0.1) is 0 Å². The minimum Gasteiger partial charge on any atom is -0.545 e. The maximum Gasteiger partial charge on any atom is 0.119 e. The zero-order valence-corrected chi connectivity index (χ0v) is 9.47. The van der Waals surface area contributed by atoms with Gasteiger partial charge >= 0.3 is 0 Å². The Kier molecular flexibility index (Phi) is 4.58. The monoisotopic (exact) mass is 219 g/mol. The minimum absolute atomic E-state index is 0.484. The van der Waals surface area contributed by atoms with Crippen molar-refractivity contribution in [2.24, 2.45) is 5.92 Å². The molecule has 0 aliphatic carbocycles. The third-order valence-corrected chi connectivity index (χ3v) is 1.88. The van der Waals surface area contributed by atoms with Crippen LogP contribution < -0.4 is 9.84 Å². The lowest BCUT2D eigenvalue weighted by Crippen LogP contribution is -2.18. The van der Waals surface area contributed by atoms with E-state index in [0.29, 0.717) is 12.5 Å².